The molecule has 232 valence electrons. The van der Waals surface area contributed by atoms with Crippen LogP contribution in [0, 0.1) is 0 Å². The van der Waals surface area contributed by atoms with Gasteiger partial charge in [0.05, 0.1) is 18.8 Å². The summed E-state index contributed by atoms with van der Waals surface area (Å²) in [5.41, 5.74) is -2.87. The Morgan fingerprint density at radius 1 is 0.951 bits per heavy atom. The molecule has 10 nitrogen and oxygen atoms in total. The number of esters is 1. The van der Waals surface area contributed by atoms with Crippen molar-refractivity contribution >= 4 is 18.2 Å². The number of alkyl halides is 3. The van der Waals surface area contributed by atoms with E-state index in [1.165, 1.54) is 6.92 Å². The molecule has 0 spiro atoms. The van der Waals surface area contributed by atoms with Gasteiger partial charge in [0.2, 0.25) is 0 Å². The lowest BCUT2D eigenvalue weighted by Gasteiger charge is -2.32. The molecule has 0 N–H and O–H groups in total. The minimum atomic E-state index is -4.52. The number of rotatable bonds is 6. The molecule has 2 amide bonds. The SMILES string of the molecule is CCCO[C@H]1COC[C@H](N(C(=O)OC(C)(C)C)C(=O)OC(C)(C)C)C(=O)O[C@@H](C)[C@@H]1Oc1ccc(C(F)(F)F)cc1. The highest BCUT2D eigenvalue weighted by Crippen LogP contribution is 2.31. The molecule has 41 heavy (non-hydrogen) atoms. The first-order valence-electron chi connectivity index (χ1n) is 13.3. The molecule has 1 heterocycles. The largest absolute Gasteiger partial charge is 0.484 e. The second-order valence-corrected chi connectivity index (χ2v) is 11.5. The first kappa shape index (κ1) is 34.1. The van der Waals surface area contributed by atoms with Crippen LogP contribution >= 0.6 is 0 Å². The van der Waals surface area contributed by atoms with Gasteiger partial charge in [-0.2, -0.15) is 18.1 Å². The normalized spacial score (nSPS) is 22.5. The zero-order chi connectivity index (χ0) is 31.2. The molecule has 1 fully saturated rings. The van der Waals surface area contributed by atoms with E-state index in [-0.39, 0.29) is 19.0 Å². The summed E-state index contributed by atoms with van der Waals surface area (Å²) in [7, 11) is 0. The second-order valence-electron chi connectivity index (χ2n) is 11.5. The Labute approximate surface area is 238 Å². The summed E-state index contributed by atoms with van der Waals surface area (Å²) in [5, 5.41) is 0. The maximum Gasteiger partial charge on any atom is 0.420 e. The van der Waals surface area contributed by atoms with Crippen molar-refractivity contribution in [3.8, 4) is 5.75 Å². The molecular weight excluding hydrogens is 551 g/mol. The van der Waals surface area contributed by atoms with Crippen LogP contribution in [-0.2, 0) is 34.7 Å². The minimum Gasteiger partial charge on any atom is -0.484 e. The fourth-order valence-electron chi connectivity index (χ4n) is 3.68. The number of amides is 2. The Balaban J connectivity index is 2.40. The lowest BCUT2D eigenvalue weighted by molar-refractivity contribution is -0.162. The van der Waals surface area contributed by atoms with Crippen LogP contribution in [-0.4, -0.2) is 78.4 Å². The van der Waals surface area contributed by atoms with Crippen LogP contribution in [0.5, 0.6) is 5.75 Å². The summed E-state index contributed by atoms with van der Waals surface area (Å²) in [6.07, 6.45) is -9.06. The van der Waals surface area contributed by atoms with Gasteiger partial charge < -0.3 is 28.4 Å². The molecule has 0 aliphatic carbocycles. The number of nitrogens with zero attached hydrogens (tertiary/aromatic N) is 1. The molecule has 4 atom stereocenters. The standard InChI is InChI=1S/C28H40F3NO9/c1-9-14-37-21-16-36-15-20(32(24(34)40-26(3,4)5)25(35)41-27(6,7)8)23(33)38-17(2)22(21)39-19-12-10-18(11-13-19)28(29,30)31/h10-13,17,20-22H,9,14-16H2,1-8H3/t17-,20-,21-,22-/m0/s1. The molecule has 0 unspecified atom stereocenters. The van der Waals surface area contributed by atoms with E-state index in [0.717, 1.165) is 24.3 Å². The molecule has 0 aromatic heterocycles. The van der Waals surface area contributed by atoms with Gasteiger partial charge in [-0.05, 0) is 79.2 Å². The van der Waals surface area contributed by atoms with E-state index in [0.29, 0.717) is 11.3 Å². The van der Waals surface area contributed by atoms with Crippen LogP contribution < -0.4 is 4.74 Å². The zero-order valence-corrected chi connectivity index (χ0v) is 24.7. The van der Waals surface area contributed by atoms with Gasteiger partial charge in [0.25, 0.3) is 0 Å². The van der Waals surface area contributed by atoms with Gasteiger partial charge in [0.15, 0.2) is 12.1 Å². The van der Waals surface area contributed by atoms with Crippen molar-refractivity contribution in [2.45, 2.75) is 104 Å². The topological polar surface area (TPSA) is 110 Å². The number of halogens is 3. The second kappa shape index (κ2) is 13.7. The van der Waals surface area contributed by atoms with Crippen LogP contribution in [0.1, 0.15) is 67.4 Å². The number of imide groups is 1. The van der Waals surface area contributed by atoms with Gasteiger partial charge in [-0.25, -0.2) is 14.4 Å². The highest BCUT2D eigenvalue weighted by atomic mass is 19.4. The van der Waals surface area contributed by atoms with Gasteiger partial charge in [-0.3, -0.25) is 0 Å². The molecule has 1 aromatic carbocycles. The maximum absolute atomic E-state index is 13.4. The summed E-state index contributed by atoms with van der Waals surface area (Å²) >= 11 is 0. The van der Waals surface area contributed by atoms with Gasteiger partial charge in [-0.1, -0.05) is 6.92 Å². The Kier molecular flexibility index (Phi) is 11.4. The van der Waals surface area contributed by atoms with Crippen molar-refractivity contribution in [1.82, 2.24) is 4.90 Å². The zero-order valence-electron chi connectivity index (χ0n) is 24.7. The minimum absolute atomic E-state index is 0.0796. The van der Waals surface area contributed by atoms with E-state index in [1.807, 2.05) is 6.92 Å². The predicted octanol–water partition coefficient (Wildman–Crippen LogP) is 5.75. The summed E-state index contributed by atoms with van der Waals surface area (Å²) < 4.78 is 73.1. The van der Waals surface area contributed by atoms with Crippen LogP contribution in [0.2, 0.25) is 0 Å². The summed E-state index contributed by atoms with van der Waals surface area (Å²) in [5.74, 6) is -0.928. The highest BCUT2D eigenvalue weighted by Gasteiger charge is 2.44. The van der Waals surface area contributed by atoms with Crippen LogP contribution in [0.15, 0.2) is 24.3 Å². The summed E-state index contributed by atoms with van der Waals surface area (Å²) in [6, 6.07) is 2.46. The van der Waals surface area contributed by atoms with E-state index in [4.69, 9.17) is 28.4 Å². The molecule has 0 saturated carbocycles. The molecular formula is C28H40F3NO9. The Bertz CT molecular complexity index is 1000. The first-order valence-corrected chi connectivity index (χ1v) is 13.3. The van der Waals surface area contributed by atoms with Crippen LogP contribution in [0.25, 0.3) is 0 Å². The molecule has 1 aromatic rings. The lowest BCUT2D eigenvalue weighted by Crippen LogP contribution is -2.54. The predicted molar refractivity (Wildman–Crippen MR) is 140 cm³/mol. The number of benzene rings is 1. The van der Waals surface area contributed by atoms with E-state index >= 15 is 0 Å². The van der Waals surface area contributed by atoms with E-state index in [1.54, 1.807) is 41.5 Å². The fraction of sp³-hybridized carbons (Fsp3) is 0.679. The highest BCUT2D eigenvalue weighted by molar-refractivity contribution is 5.94. The quantitative estimate of drug-likeness (QED) is 0.302. The molecule has 2 rings (SSSR count). The number of ether oxygens (including phenoxy) is 6. The third-order valence-corrected chi connectivity index (χ3v) is 5.44. The monoisotopic (exact) mass is 591 g/mol. The Hall–Kier alpha value is -3.06. The van der Waals surface area contributed by atoms with Crippen molar-refractivity contribution in [1.29, 1.82) is 0 Å². The molecule has 1 saturated heterocycles. The number of cyclic esters (lactones) is 1. The van der Waals surface area contributed by atoms with E-state index in [2.05, 4.69) is 0 Å². The summed E-state index contributed by atoms with van der Waals surface area (Å²) in [4.78, 5) is 40.2. The third-order valence-electron chi connectivity index (χ3n) is 5.44. The van der Waals surface area contributed by atoms with E-state index < -0.39 is 72.1 Å². The average Bonchev–Trinajstić information content (AvgIpc) is 2.85. The number of carbonyl (C=O) groups is 3. The van der Waals surface area contributed by atoms with Gasteiger partial charge in [0, 0.05) is 6.61 Å². The Morgan fingerprint density at radius 3 is 1.95 bits per heavy atom. The fourth-order valence-corrected chi connectivity index (χ4v) is 3.68. The molecule has 1 aliphatic heterocycles. The van der Waals surface area contributed by atoms with E-state index in [9.17, 15) is 27.6 Å². The van der Waals surface area contributed by atoms with Crippen LogP contribution in [0.4, 0.5) is 22.8 Å². The molecule has 1 aliphatic rings. The van der Waals surface area contributed by atoms with Crippen molar-refractivity contribution < 1.29 is 56.0 Å². The van der Waals surface area contributed by atoms with Crippen molar-refractivity contribution in [2.75, 3.05) is 19.8 Å². The van der Waals surface area contributed by atoms with Crippen molar-refractivity contribution in [3.05, 3.63) is 29.8 Å². The van der Waals surface area contributed by atoms with Gasteiger partial charge in [-0.15, -0.1) is 0 Å². The number of hydrogen-bond donors (Lipinski definition) is 0. The smallest absolute Gasteiger partial charge is 0.420 e. The number of hydrogen-bond acceptors (Lipinski definition) is 9. The molecule has 13 heteroatoms. The summed E-state index contributed by atoms with van der Waals surface area (Å²) in [6.45, 7) is 12.6. The Morgan fingerprint density at radius 2 is 1.49 bits per heavy atom. The van der Waals surface area contributed by atoms with Crippen molar-refractivity contribution in [3.63, 3.8) is 0 Å². The molecule has 0 radical (unpaired) electrons. The van der Waals surface area contributed by atoms with Gasteiger partial charge >= 0.3 is 24.3 Å². The maximum atomic E-state index is 13.4. The number of carbonyl (C=O) groups excluding carboxylic acids is 3. The lowest BCUT2D eigenvalue weighted by atomic mass is 10.1. The third kappa shape index (κ3) is 10.7. The van der Waals surface area contributed by atoms with Crippen LogP contribution in [0.3, 0.4) is 0 Å². The van der Waals surface area contributed by atoms with Gasteiger partial charge in [0.1, 0.15) is 29.2 Å². The average molecular weight is 592 g/mol. The first-order chi connectivity index (χ1) is 18.8. The van der Waals surface area contributed by atoms with Crippen molar-refractivity contribution in [2.24, 2.45) is 0 Å². The molecule has 0 bridgehead atoms.